The van der Waals surface area contributed by atoms with Crippen LogP contribution >= 0.6 is 0 Å². The predicted octanol–water partition coefficient (Wildman–Crippen LogP) is 2.54. The number of ketones is 1. The van der Waals surface area contributed by atoms with Gasteiger partial charge in [0.2, 0.25) is 0 Å². The summed E-state index contributed by atoms with van der Waals surface area (Å²) in [6, 6.07) is 5.45. The van der Waals surface area contributed by atoms with E-state index in [2.05, 4.69) is 11.6 Å². The highest BCUT2D eigenvalue weighted by atomic mass is 16.1. The maximum absolute atomic E-state index is 11.5. The lowest BCUT2D eigenvalue weighted by molar-refractivity contribution is 0.0988. The number of nitrogens with zero attached hydrogens (tertiary/aromatic N) is 1. The van der Waals surface area contributed by atoms with Gasteiger partial charge in [-0.3, -0.25) is 9.78 Å². The predicted molar refractivity (Wildman–Crippen MR) is 52.7 cm³/mol. The Morgan fingerprint density at radius 1 is 1.54 bits per heavy atom. The molecule has 0 bridgehead atoms. The van der Waals surface area contributed by atoms with Crippen molar-refractivity contribution >= 4 is 5.78 Å². The second kappa shape index (κ2) is 3.99. The van der Waals surface area contributed by atoms with Crippen LogP contribution in [0.25, 0.3) is 0 Å². The molecule has 0 saturated heterocycles. The summed E-state index contributed by atoms with van der Waals surface area (Å²) < 4.78 is 0. The number of aromatic nitrogens is 1. The molecule has 0 saturated carbocycles. The number of hydrogen-bond acceptors (Lipinski definition) is 2. The summed E-state index contributed by atoms with van der Waals surface area (Å²) in [5, 5.41) is 0. The van der Waals surface area contributed by atoms with Gasteiger partial charge in [0.15, 0.2) is 5.78 Å². The van der Waals surface area contributed by atoms with Gasteiger partial charge in [-0.15, -0.1) is 0 Å². The third-order valence-electron chi connectivity index (χ3n) is 1.64. The van der Waals surface area contributed by atoms with E-state index in [0.717, 1.165) is 11.3 Å². The van der Waals surface area contributed by atoms with Gasteiger partial charge in [-0.05, 0) is 26.0 Å². The highest BCUT2D eigenvalue weighted by Crippen LogP contribution is 2.05. The van der Waals surface area contributed by atoms with Gasteiger partial charge in [0.25, 0.3) is 0 Å². The van der Waals surface area contributed by atoms with Crippen LogP contribution in [0.3, 0.4) is 0 Å². The molecule has 68 valence electrons. The van der Waals surface area contributed by atoms with Crippen molar-refractivity contribution in [2.75, 3.05) is 0 Å². The molecule has 13 heavy (non-hydrogen) atoms. The minimum absolute atomic E-state index is 0.0381. The molecule has 0 radical (unpaired) electrons. The van der Waals surface area contributed by atoms with Crippen molar-refractivity contribution in [1.82, 2.24) is 4.98 Å². The number of allylic oxidation sites excluding steroid dienone is 1. The van der Waals surface area contributed by atoms with Crippen LogP contribution in [0.5, 0.6) is 0 Å². The topological polar surface area (TPSA) is 30.0 Å². The molecule has 1 aromatic heterocycles. The van der Waals surface area contributed by atoms with E-state index in [1.807, 2.05) is 26.0 Å². The molecule has 1 rings (SSSR count). The standard InChI is InChI=1S/C11H13NO/c1-8(2)7-11(13)10-6-4-5-9(3)12-10/h4-6H,1,7H2,2-3H3. The van der Waals surface area contributed by atoms with E-state index < -0.39 is 0 Å². The summed E-state index contributed by atoms with van der Waals surface area (Å²) in [6.45, 7) is 7.41. The van der Waals surface area contributed by atoms with Crippen LogP contribution in [0.1, 0.15) is 29.5 Å². The molecule has 0 fully saturated rings. The van der Waals surface area contributed by atoms with Gasteiger partial charge < -0.3 is 0 Å². The van der Waals surface area contributed by atoms with E-state index in [0.29, 0.717) is 12.1 Å². The van der Waals surface area contributed by atoms with Crippen LogP contribution in [-0.4, -0.2) is 10.8 Å². The smallest absolute Gasteiger partial charge is 0.185 e. The van der Waals surface area contributed by atoms with Gasteiger partial charge in [-0.25, -0.2) is 0 Å². The fraction of sp³-hybridized carbons (Fsp3) is 0.273. The second-order valence-corrected chi connectivity index (χ2v) is 3.22. The fourth-order valence-corrected chi connectivity index (χ4v) is 1.06. The van der Waals surface area contributed by atoms with Crippen molar-refractivity contribution in [3.8, 4) is 0 Å². The average molecular weight is 175 g/mol. The van der Waals surface area contributed by atoms with Crippen LogP contribution < -0.4 is 0 Å². The average Bonchev–Trinajstić information content (AvgIpc) is 2.03. The fourth-order valence-electron chi connectivity index (χ4n) is 1.06. The normalized spacial score (nSPS) is 9.69. The van der Waals surface area contributed by atoms with Crippen LogP contribution in [-0.2, 0) is 0 Å². The van der Waals surface area contributed by atoms with Crippen molar-refractivity contribution in [1.29, 1.82) is 0 Å². The number of carbonyl (C=O) groups is 1. The van der Waals surface area contributed by atoms with Crippen molar-refractivity contribution in [3.05, 3.63) is 41.7 Å². The molecule has 1 aromatic rings. The monoisotopic (exact) mass is 175 g/mol. The number of pyridine rings is 1. The molecule has 0 N–H and O–H groups in total. The highest BCUT2D eigenvalue weighted by Gasteiger charge is 2.06. The van der Waals surface area contributed by atoms with E-state index in [9.17, 15) is 4.79 Å². The molecule has 1 heterocycles. The van der Waals surface area contributed by atoms with Crippen molar-refractivity contribution < 1.29 is 4.79 Å². The molecule has 0 aromatic carbocycles. The van der Waals surface area contributed by atoms with E-state index in [1.54, 1.807) is 6.07 Å². The zero-order valence-corrected chi connectivity index (χ0v) is 8.00. The molecule has 0 amide bonds. The lowest BCUT2D eigenvalue weighted by Crippen LogP contribution is -2.02. The van der Waals surface area contributed by atoms with E-state index in [1.165, 1.54) is 0 Å². The van der Waals surface area contributed by atoms with Crippen molar-refractivity contribution in [2.45, 2.75) is 20.3 Å². The summed E-state index contributed by atoms with van der Waals surface area (Å²) in [7, 11) is 0. The first kappa shape index (κ1) is 9.65. The molecule has 0 unspecified atom stereocenters. The number of aryl methyl sites for hydroxylation is 1. The summed E-state index contributed by atoms with van der Waals surface area (Å²) in [4.78, 5) is 15.6. The molecular weight excluding hydrogens is 162 g/mol. The Kier molecular flexibility index (Phi) is 2.96. The molecule has 0 aliphatic rings. The summed E-state index contributed by atoms with van der Waals surface area (Å²) in [5.74, 6) is 0.0381. The van der Waals surface area contributed by atoms with E-state index in [4.69, 9.17) is 0 Å². The first-order valence-corrected chi connectivity index (χ1v) is 4.21. The van der Waals surface area contributed by atoms with Gasteiger partial charge in [0.1, 0.15) is 5.69 Å². The summed E-state index contributed by atoms with van der Waals surface area (Å²) in [5.41, 5.74) is 2.27. The first-order valence-electron chi connectivity index (χ1n) is 4.21. The van der Waals surface area contributed by atoms with Crippen LogP contribution in [0.2, 0.25) is 0 Å². The Labute approximate surface area is 78.3 Å². The minimum Gasteiger partial charge on any atom is -0.292 e. The quantitative estimate of drug-likeness (QED) is 0.522. The Bertz CT molecular complexity index is 342. The zero-order valence-electron chi connectivity index (χ0n) is 8.00. The number of rotatable bonds is 3. The van der Waals surface area contributed by atoms with Crippen molar-refractivity contribution in [3.63, 3.8) is 0 Å². The number of carbonyl (C=O) groups excluding carboxylic acids is 1. The second-order valence-electron chi connectivity index (χ2n) is 3.22. The van der Waals surface area contributed by atoms with E-state index >= 15 is 0 Å². The maximum Gasteiger partial charge on any atom is 0.185 e. The Balaban J connectivity index is 2.83. The summed E-state index contributed by atoms with van der Waals surface area (Å²) in [6.07, 6.45) is 0.385. The van der Waals surface area contributed by atoms with Crippen LogP contribution in [0.4, 0.5) is 0 Å². The lowest BCUT2D eigenvalue weighted by Gasteiger charge is -2.00. The maximum atomic E-state index is 11.5. The minimum atomic E-state index is 0.0381. The summed E-state index contributed by atoms with van der Waals surface area (Å²) >= 11 is 0. The number of Topliss-reactive ketones (excluding diaryl/α,β-unsaturated/α-hetero) is 1. The molecule has 0 aliphatic carbocycles. The third-order valence-corrected chi connectivity index (χ3v) is 1.64. The van der Waals surface area contributed by atoms with Gasteiger partial charge in [0.05, 0.1) is 0 Å². The molecule has 2 nitrogen and oxygen atoms in total. The number of hydrogen-bond donors (Lipinski definition) is 0. The largest absolute Gasteiger partial charge is 0.292 e. The molecule has 2 heteroatoms. The van der Waals surface area contributed by atoms with Gasteiger partial charge in [0, 0.05) is 12.1 Å². The SMILES string of the molecule is C=C(C)CC(=O)c1cccc(C)n1. The van der Waals surface area contributed by atoms with Gasteiger partial charge in [-0.2, -0.15) is 0 Å². The third kappa shape index (κ3) is 2.82. The molecule has 0 spiro atoms. The van der Waals surface area contributed by atoms with Gasteiger partial charge in [-0.1, -0.05) is 18.2 Å². The highest BCUT2D eigenvalue weighted by molar-refractivity contribution is 5.95. The Hall–Kier alpha value is -1.44. The molecule has 0 aliphatic heterocycles. The van der Waals surface area contributed by atoms with E-state index in [-0.39, 0.29) is 5.78 Å². The van der Waals surface area contributed by atoms with Crippen LogP contribution in [0.15, 0.2) is 30.4 Å². The zero-order chi connectivity index (χ0) is 9.84. The Morgan fingerprint density at radius 2 is 2.23 bits per heavy atom. The van der Waals surface area contributed by atoms with Crippen molar-refractivity contribution in [2.24, 2.45) is 0 Å². The molecule has 0 atom stereocenters. The first-order chi connectivity index (χ1) is 6.09. The molecular formula is C11H13NO. The lowest BCUT2D eigenvalue weighted by atomic mass is 10.1. The Morgan fingerprint density at radius 3 is 2.77 bits per heavy atom. The van der Waals surface area contributed by atoms with Gasteiger partial charge >= 0.3 is 0 Å². The van der Waals surface area contributed by atoms with Crippen LogP contribution in [0, 0.1) is 6.92 Å².